The van der Waals surface area contributed by atoms with Gasteiger partial charge in [-0.25, -0.2) is 13.1 Å². The van der Waals surface area contributed by atoms with Gasteiger partial charge in [-0.15, -0.1) is 0 Å². The second kappa shape index (κ2) is 10.8. The van der Waals surface area contributed by atoms with E-state index in [4.69, 9.17) is 5.11 Å². The number of pyridine rings is 1. The number of nitro benzene ring substituents is 1. The van der Waals surface area contributed by atoms with E-state index in [0.29, 0.717) is 25.7 Å². The molecule has 1 aromatic heterocycles. The van der Waals surface area contributed by atoms with Crippen molar-refractivity contribution in [3.63, 3.8) is 0 Å². The third-order valence-corrected chi connectivity index (χ3v) is 7.58. The SMILES string of the molecule is O=C(O)CCC/C=C(\c1cccnc1)c1ccc2c(c1)CC(NS(=O)(=O)c1ccc([N+](=O)[O-])cc1)C2. The molecule has 0 radical (unpaired) electrons. The number of nitrogens with one attached hydrogen (secondary N) is 1. The van der Waals surface area contributed by atoms with E-state index in [2.05, 4.69) is 9.71 Å². The summed E-state index contributed by atoms with van der Waals surface area (Å²) in [5.41, 5.74) is 4.73. The number of allylic oxidation sites excluding steroid dienone is 1. The summed E-state index contributed by atoms with van der Waals surface area (Å²) in [5, 5.41) is 19.8. The molecular weight excluding hydrogens is 482 g/mol. The maximum absolute atomic E-state index is 12.8. The van der Waals surface area contributed by atoms with Crippen LogP contribution >= 0.6 is 0 Å². The third-order valence-electron chi connectivity index (χ3n) is 6.05. The fraction of sp³-hybridized carbons (Fsp3) is 0.231. The van der Waals surface area contributed by atoms with E-state index in [1.165, 1.54) is 24.3 Å². The minimum absolute atomic E-state index is 0.0205. The molecule has 0 fully saturated rings. The normalized spacial score (nSPS) is 15.4. The highest BCUT2D eigenvalue weighted by molar-refractivity contribution is 7.89. The van der Waals surface area contributed by atoms with Gasteiger partial charge in [0.05, 0.1) is 9.82 Å². The molecule has 0 bridgehead atoms. The molecule has 10 heteroatoms. The molecule has 1 unspecified atom stereocenters. The van der Waals surface area contributed by atoms with Gasteiger partial charge in [-0.1, -0.05) is 30.3 Å². The summed E-state index contributed by atoms with van der Waals surface area (Å²) in [7, 11) is -3.84. The Bertz CT molecular complexity index is 1400. The second-order valence-electron chi connectivity index (χ2n) is 8.61. The van der Waals surface area contributed by atoms with Crippen LogP contribution in [0.2, 0.25) is 0 Å². The largest absolute Gasteiger partial charge is 0.481 e. The molecule has 2 N–H and O–H groups in total. The number of hydrogen-bond donors (Lipinski definition) is 2. The Morgan fingerprint density at radius 2 is 1.86 bits per heavy atom. The number of nitrogens with zero attached hydrogens (tertiary/aromatic N) is 2. The van der Waals surface area contributed by atoms with Crippen molar-refractivity contribution in [3.8, 4) is 0 Å². The monoisotopic (exact) mass is 507 g/mol. The first-order chi connectivity index (χ1) is 17.2. The Balaban J connectivity index is 1.52. The van der Waals surface area contributed by atoms with Gasteiger partial charge in [0, 0.05) is 42.6 Å². The van der Waals surface area contributed by atoms with Gasteiger partial charge in [0.25, 0.3) is 5.69 Å². The van der Waals surface area contributed by atoms with Crippen molar-refractivity contribution >= 4 is 27.3 Å². The van der Waals surface area contributed by atoms with Crippen LogP contribution < -0.4 is 4.72 Å². The van der Waals surface area contributed by atoms with E-state index in [-0.39, 0.29) is 23.0 Å². The van der Waals surface area contributed by atoms with E-state index in [9.17, 15) is 23.3 Å². The van der Waals surface area contributed by atoms with E-state index in [1.54, 1.807) is 12.4 Å². The summed E-state index contributed by atoms with van der Waals surface area (Å²) in [6.07, 6.45) is 7.74. The molecule has 186 valence electrons. The van der Waals surface area contributed by atoms with Gasteiger partial charge in [-0.05, 0) is 66.1 Å². The molecule has 0 aliphatic heterocycles. The van der Waals surface area contributed by atoms with Crippen LogP contribution in [0.4, 0.5) is 5.69 Å². The van der Waals surface area contributed by atoms with Crippen LogP contribution in [0.15, 0.2) is 78.0 Å². The van der Waals surface area contributed by atoms with Crippen molar-refractivity contribution in [1.82, 2.24) is 9.71 Å². The zero-order valence-electron chi connectivity index (χ0n) is 19.3. The maximum Gasteiger partial charge on any atom is 0.303 e. The molecule has 0 spiro atoms. The molecule has 0 saturated carbocycles. The number of aliphatic carboxylic acids is 1. The molecule has 9 nitrogen and oxygen atoms in total. The standard InChI is InChI=1S/C26H25N3O6S/c30-26(31)6-2-1-5-25(20-4-3-13-27-17-20)19-8-7-18-15-22(16-21(18)14-19)28-36(34,35)24-11-9-23(10-12-24)29(32)33/h3-5,7-14,17,22,28H,1-2,6,15-16H2,(H,30,31)/b25-5-. The molecule has 36 heavy (non-hydrogen) atoms. The van der Waals surface area contributed by atoms with Gasteiger partial charge in [-0.3, -0.25) is 19.9 Å². The van der Waals surface area contributed by atoms with Crippen LogP contribution in [0.5, 0.6) is 0 Å². The predicted molar refractivity (Wildman–Crippen MR) is 134 cm³/mol. The number of carbonyl (C=O) groups is 1. The first-order valence-electron chi connectivity index (χ1n) is 11.4. The average molecular weight is 508 g/mol. The van der Waals surface area contributed by atoms with Crippen LogP contribution in [0.1, 0.15) is 41.5 Å². The van der Waals surface area contributed by atoms with Crippen LogP contribution in [0, 0.1) is 10.1 Å². The minimum Gasteiger partial charge on any atom is -0.481 e. The van der Waals surface area contributed by atoms with E-state index < -0.39 is 20.9 Å². The van der Waals surface area contributed by atoms with Crippen molar-refractivity contribution in [1.29, 1.82) is 0 Å². The Morgan fingerprint density at radius 3 is 2.53 bits per heavy atom. The number of benzene rings is 2. The number of hydrogen-bond acceptors (Lipinski definition) is 6. The smallest absolute Gasteiger partial charge is 0.303 e. The Labute approximate surface area is 208 Å². The van der Waals surface area contributed by atoms with Gasteiger partial charge >= 0.3 is 5.97 Å². The number of fused-ring (bicyclic) bond motifs is 1. The van der Waals surface area contributed by atoms with Crippen molar-refractivity contribution in [3.05, 3.63) is 105 Å². The van der Waals surface area contributed by atoms with Crippen LogP contribution in [0.25, 0.3) is 5.57 Å². The molecule has 0 saturated heterocycles. The quantitative estimate of drug-likeness (QED) is 0.239. The van der Waals surface area contributed by atoms with Crippen LogP contribution in [-0.4, -0.2) is 35.4 Å². The number of unbranched alkanes of at least 4 members (excludes halogenated alkanes) is 1. The second-order valence-corrected chi connectivity index (χ2v) is 10.3. The van der Waals surface area contributed by atoms with Crippen molar-refractivity contribution < 1.29 is 23.2 Å². The molecule has 1 aliphatic carbocycles. The first kappa shape index (κ1) is 25.2. The Hall–Kier alpha value is -3.89. The lowest BCUT2D eigenvalue weighted by Gasteiger charge is -2.12. The number of carboxylic acid groups (broad SMARTS) is 1. The number of non-ortho nitro benzene ring substituents is 1. The number of sulfonamides is 1. The Morgan fingerprint density at radius 1 is 1.11 bits per heavy atom. The third kappa shape index (κ3) is 6.02. The highest BCUT2D eigenvalue weighted by Crippen LogP contribution is 2.30. The molecular formula is C26H25N3O6S. The van der Waals surface area contributed by atoms with Gasteiger partial charge in [0.1, 0.15) is 0 Å². The number of nitro groups is 1. The van der Waals surface area contributed by atoms with Crippen molar-refractivity contribution in [2.45, 2.75) is 43.0 Å². The number of aromatic nitrogens is 1. The minimum atomic E-state index is -3.84. The summed E-state index contributed by atoms with van der Waals surface area (Å²) in [6.45, 7) is 0. The maximum atomic E-state index is 12.8. The van der Waals surface area contributed by atoms with E-state index >= 15 is 0 Å². The molecule has 1 heterocycles. The van der Waals surface area contributed by atoms with Gasteiger partial charge in [0.15, 0.2) is 0 Å². The predicted octanol–water partition coefficient (Wildman–Crippen LogP) is 4.12. The molecule has 1 atom stereocenters. The topological polar surface area (TPSA) is 140 Å². The average Bonchev–Trinajstić information content (AvgIpc) is 3.25. The molecule has 4 rings (SSSR count). The summed E-state index contributed by atoms with van der Waals surface area (Å²) >= 11 is 0. The summed E-state index contributed by atoms with van der Waals surface area (Å²) in [6, 6.07) is 14.3. The van der Waals surface area contributed by atoms with Gasteiger partial charge in [0.2, 0.25) is 10.0 Å². The lowest BCUT2D eigenvalue weighted by molar-refractivity contribution is -0.384. The molecule has 0 amide bonds. The van der Waals surface area contributed by atoms with Crippen LogP contribution in [0.3, 0.4) is 0 Å². The zero-order valence-corrected chi connectivity index (χ0v) is 20.1. The lowest BCUT2D eigenvalue weighted by atomic mass is 9.95. The number of rotatable bonds is 10. The van der Waals surface area contributed by atoms with Crippen LogP contribution in [-0.2, 0) is 27.7 Å². The Kier molecular flexibility index (Phi) is 7.56. The van der Waals surface area contributed by atoms with Gasteiger partial charge < -0.3 is 5.11 Å². The zero-order chi connectivity index (χ0) is 25.7. The van der Waals surface area contributed by atoms with Crippen molar-refractivity contribution in [2.24, 2.45) is 0 Å². The molecule has 3 aromatic rings. The van der Waals surface area contributed by atoms with E-state index in [0.717, 1.165) is 27.8 Å². The first-order valence-corrected chi connectivity index (χ1v) is 12.9. The molecule has 1 aliphatic rings. The fourth-order valence-electron chi connectivity index (χ4n) is 4.33. The van der Waals surface area contributed by atoms with E-state index in [1.807, 2.05) is 36.4 Å². The summed E-state index contributed by atoms with van der Waals surface area (Å²) in [4.78, 5) is 25.3. The lowest BCUT2D eigenvalue weighted by Crippen LogP contribution is -2.35. The molecule has 2 aromatic carbocycles. The van der Waals surface area contributed by atoms with Crippen molar-refractivity contribution in [2.75, 3.05) is 0 Å². The fourth-order valence-corrected chi connectivity index (χ4v) is 5.56. The summed E-state index contributed by atoms with van der Waals surface area (Å²) in [5.74, 6) is -0.828. The highest BCUT2D eigenvalue weighted by Gasteiger charge is 2.27. The number of carboxylic acids is 1. The summed E-state index contributed by atoms with van der Waals surface area (Å²) < 4.78 is 28.4. The van der Waals surface area contributed by atoms with Gasteiger partial charge in [-0.2, -0.15) is 0 Å². The highest BCUT2D eigenvalue weighted by atomic mass is 32.2.